The van der Waals surface area contributed by atoms with Gasteiger partial charge in [0, 0.05) is 32.2 Å². The second kappa shape index (κ2) is 8.67. The molecule has 0 spiro atoms. The molecule has 0 aliphatic heterocycles. The average molecular weight is 290 g/mol. The van der Waals surface area contributed by atoms with Crippen LogP contribution in [0.5, 0.6) is 0 Å². The third kappa shape index (κ3) is 7.71. The molecule has 0 saturated carbocycles. The number of rotatable bonds is 6. The van der Waals surface area contributed by atoms with E-state index in [4.69, 9.17) is 0 Å². The lowest BCUT2D eigenvalue weighted by Crippen LogP contribution is -2.40. The fourth-order valence-corrected chi connectivity index (χ4v) is 1.99. The maximum atomic E-state index is 4.68. The monoisotopic (exact) mass is 290 g/mol. The van der Waals surface area contributed by atoms with Crippen LogP contribution in [-0.4, -0.2) is 43.1 Å². The van der Waals surface area contributed by atoms with Gasteiger partial charge in [-0.2, -0.15) is 0 Å². The molecule has 0 aromatic heterocycles. The molecule has 0 fully saturated rings. The van der Waals surface area contributed by atoms with Crippen molar-refractivity contribution in [3.63, 3.8) is 0 Å². The zero-order valence-corrected chi connectivity index (χ0v) is 14.1. The lowest BCUT2D eigenvalue weighted by Gasteiger charge is -2.23. The summed E-state index contributed by atoms with van der Waals surface area (Å²) in [5.41, 5.74) is 1.43. The Morgan fingerprint density at radius 2 is 1.86 bits per heavy atom. The van der Waals surface area contributed by atoms with Gasteiger partial charge >= 0.3 is 0 Å². The van der Waals surface area contributed by atoms with Crippen molar-refractivity contribution in [1.82, 2.24) is 15.5 Å². The molecule has 4 nitrogen and oxygen atoms in total. The smallest absolute Gasteiger partial charge is 0.194 e. The van der Waals surface area contributed by atoms with E-state index >= 15 is 0 Å². The van der Waals surface area contributed by atoms with Crippen molar-refractivity contribution in [3.8, 4) is 0 Å². The minimum Gasteiger partial charge on any atom is -0.357 e. The fraction of sp³-hybridized carbons (Fsp3) is 0.588. The Labute approximate surface area is 129 Å². The van der Waals surface area contributed by atoms with Crippen LogP contribution < -0.4 is 10.6 Å². The average Bonchev–Trinajstić information content (AvgIpc) is 2.42. The molecule has 2 N–H and O–H groups in total. The standard InChI is InChI=1S/C17H30N4/c1-6-18-16(19-12-13-20-17(2,3)4)21(5)14-15-10-8-7-9-11-15/h7-11,20H,6,12-14H2,1-5H3,(H,18,19). The molecule has 0 atom stereocenters. The van der Waals surface area contributed by atoms with Crippen LogP contribution in [0.3, 0.4) is 0 Å². The van der Waals surface area contributed by atoms with Crippen LogP contribution in [-0.2, 0) is 6.54 Å². The zero-order valence-electron chi connectivity index (χ0n) is 14.1. The van der Waals surface area contributed by atoms with Crippen molar-refractivity contribution in [2.75, 3.05) is 26.7 Å². The molecule has 0 amide bonds. The molecule has 118 valence electrons. The second-order valence-electron chi connectivity index (χ2n) is 6.25. The van der Waals surface area contributed by atoms with Gasteiger partial charge in [0.2, 0.25) is 0 Å². The van der Waals surface area contributed by atoms with Crippen LogP contribution in [0.25, 0.3) is 0 Å². The number of nitrogens with zero attached hydrogens (tertiary/aromatic N) is 2. The third-order valence-electron chi connectivity index (χ3n) is 2.99. The molecule has 0 aliphatic carbocycles. The maximum Gasteiger partial charge on any atom is 0.194 e. The second-order valence-corrected chi connectivity index (χ2v) is 6.25. The van der Waals surface area contributed by atoms with Crippen molar-refractivity contribution in [1.29, 1.82) is 0 Å². The van der Waals surface area contributed by atoms with Crippen LogP contribution in [0.1, 0.15) is 33.3 Å². The molecule has 21 heavy (non-hydrogen) atoms. The van der Waals surface area contributed by atoms with Gasteiger partial charge in [0.15, 0.2) is 5.96 Å². The Morgan fingerprint density at radius 3 is 2.43 bits per heavy atom. The van der Waals surface area contributed by atoms with Gasteiger partial charge in [-0.15, -0.1) is 0 Å². The third-order valence-corrected chi connectivity index (χ3v) is 2.99. The molecule has 1 rings (SSSR count). The minimum absolute atomic E-state index is 0.143. The van der Waals surface area contributed by atoms with Crippen LogP contribution in [0.4, 0.5) is 0 Å². The summed E-state index contributed by atoms with van der Waals surface area (Å²) < 4.78 is 0. The molecule has 1 aromatic rings. The lowest BCUT2D eigenvalue weighted by molar-refractivity contribution is 0.430. The first-order chi connectivity index (χ1) is 9.92. The maximum absolute atomic E-state index is 4.68. The number of benzene rings is 1. The first-order valence-electron chi connectivity index (χ1n) is 7.71. The largest absolute Gasteiger partial charge is 0.357 e. The van der Waals surface area contributed by atoms with Crippen molar-refractivity contribution >= 4 is 5.96 Å². The van der Waals surface area contributed by atoms with Crippen molar-refractivity contribution < 1.29 is 0 Å². The van der Waals surface area contributed by atoms with Gasteiger partial charge in [-0.25, -0.2) is 0 Å². The Bertz CT molecular complexity index is 420. The summed E-state index contributed by atoms with van der Waals surface area (Å²) in [6.45, 7) is 12.0. The fourth-order valence-electron chi connectivity index (χ4n) is 1.99. The summed E-state index contributed by atoms with van der Waals surface area (Å²) in [5, 5.41) is 6.80. The molecule has 0 heterocycles. The Balaban J connectivity index is 2.54. The summed E-state index contributed by atoms with van der Waals surface area (Å²) in [5.74, 6) is 0.956. The number of nitrogens with one attached hydrogen (secondary N) is 2. The molecule has 1 aromatic carbocycles. The van der Waals surface area contributed by atoms with E-state index in [0.717, 1.165) is 32.1 Å². The van der Waals surface area contributed by atoms with Crippen LogP contribution in [0.2, 0.25) is 0 Å². The van der Waals surface area contributed by atoms with E-state index in [-0.39, 0.29) is 5.54 Å². The minimum atomic E-state index is 0.143. The molecule has 0 bridgehead atoms. The number of aliphatic imine (C=N–C) groups is 1. The highest BCUT2D eigenvalue weighted by atomic mass is 15.3. The van der Waals surface area contributed by atoms with Gasteiger partial charge in [-0.05, 0) is 33.3 Å². The predicted molar refractivity (Wildman–Crippen MR) is 91.6 cm³/mol. The molecular weight excluding hydrogens is 260 g/mol. The van der Waals surface area contributed by atoms with Crippen LogP contribution in [0, 0.1) is 0 Å². The summed E-state index contributed by atoms with van der Waals surface area (Å²) >= 11 is 0. The normalized spacial score (nSPS) is 12.3. The summed E-state index contributed by atoms with van der Waals surface area (Å²) in [6, 6.07) is 10.5. The van der Waals surface area contributed by atoms with Gasteiger partial charge in [0.1, 0.15) is 0 Å². The van der Waals surface area contributed by atoms with Crippen molar-refractivity contribution in [2.45, 2.75) is 39.8 Å². The number of guanidine groups is 1. The van der Waals surface area contributed by atoms with Crippen LogP contribution in [0.15, 0.2) is 35.3 Å². The van der Waals surface area contributed by atoms with Gasteiger partial charge in [-0.1, -0.05) is 30.3 Å². The van der Waals surface area contributed by atoms with E-state index in [0.29, 0.717) is 0 Å². The number of hydrogen-bond acceptors (Lipinski definition) is 2. The van der Waals surface area contributed by atoms with Crippen molar-refractivity contribution in [2.24, 2.45) is 4.99 Å². The molecule has 0 radical (unpaired) electrons. The van der Waals surface area contributed by atoms with Gasteiger partial charge in [0.25, 0.3) is 0 Å². The lowest BCUT2D eigenvalue weighted by atomic mass is 10.1. The first kappa shape index (κ1) is 17.5. The summed E-state index contributed by atoms with van der Waals surface area (Å²) in [7, 11) is 2.08. The van der Waals surface area contributed by atoms with E-state index in [9.17, 15) is 0 Å². The van der Waals surface area contributed by atoms with Gasteiger partial charge in [0.05, 0.1) is 6.54 Å². The SMILES string of the molecule is CCNC(=NCCNC(C)(C)C)N(C)Cc1ccccc1. The topological polar surface area (TPSA) is 39.7 Å². The molecule has 0 unspecified atom stereocenters. The Hall–Kier alpha value is -1.55. The molecule has 4 heteroatoms. The highest BCUT2D eigenvalue weighted by Crippen LogP contribution is 2.03. The molecule has 0 saturated heterocycles. The Kier molecular flexibility index (Phi) is 7.23. The van der Waals surface area contributed by atoms with Gasteiger partial charge < -0.3 is 15.5 Å². The highest BCUT2D eigenvalue weighted by molar-refractivity contribution is 5.79. The van der Waals surface area contributed by atoms with E-state index in [1.807, 2.05) is 6.07 Å². The highest BCUT2D eigenvalue weighted by Gasteiger charge is 2.08. The van der Waals surface area contributed by atoms with E-state index in [1.54, 1.807) is 0 Å². The van der Waals surface area contributed by atoms with E-state index in [2.05, 4.69) is 79.5 Å². The number of hydrogen-bond donors (Lipinski definition) is 2. The Morgan fingerprint density at radius 1 is 1.19 bits per heavy atom. The van der Waals surface area contributed by atoms with Crippen LogP contribution >= 0.6 is 0 Å². The van der Waals surface area contributed by atoms with Gasteiger partial charge in [-0.3, -0.25) is 4.99 Å². The summed E-state index contributed by atoms with van der Waals surface area (Å²) in [4.78, 5) is 6.84. The summed E-state index contributed by atoms with van der Waals surface area (Å²) in [6.07, 6.45) is 0. The first-order valence-corrected chi connectivity index (χ1v) is 7.71. The molecule has 0 aliphatic rings. The molecular formula is C17H30N4. The van der Waals surface area contributed by atoms with E-state index in [1.165, 1.54) is 5.56 Å². The predicted octanol–water partition coefficient (Wildman–Crippen LogP) is 2.47. The van der Waals surface area contributed by atoms with Crippen molar-refractivity contribution in [3.05, 3.63) is 35.9 Å². The van der Waals surface area contributed by atoms with E-state index < -0.39 is 0 Å². The zero-order chi connectivity index (χ0) is 15.7. The quantitative estimate of drug-likeness (QED) is 0.480.